The van der Waals surface area contributed by atoms with Crippen molar-refractivity contribution >= 4 is 5.97 Å². The van der Waals surface area contributed by atoms with E-state index in [1.807, 2.05) is 0 Å². The van der Waals surface area contributed by atoms with Gasteiger partial charge in [0.2, 0.25) is 0 Å². The van der Waals surface area contributed by atoms with E-state index in [1.54, 1.807) is 0 Å². The molecule has 0 saturated carbocycles. The fraction of sp³-hybridized carbons (Fsp3) is 0.833. The van der Waals surface area contributed by atoms with E-state index >= 15 is 0 Å². The van der Waals surface area contributed by atoms with Crippen molar-refractivity contribution < 1.29 is 22.7 Å². The van der Waals surface area contributed by atoms with E-state index < -0.39 is 24.5 Å². The van der Waals surface area contributed by atoms with Crippen LogP contribution < -0.4 is 5.73 Å². The highest BCUT2D eigenvalue weighted by Crippen LogP contribution is 2.29. The Morgan fingerprint density at radius 3 is 2.33 bits per heavy atom. The van der Waals surface area contributed by atoms with E-state index in [9.17, 15) is 18.0 Å². The average Bonchev–Trinajstić information content (AvgIpc) is 1.96. The van der Waals surface area contributed by atoms with Crippen molar-refractivity contribution in [2.45, 2.75) is 12.6 Å². The smallest absolute Gasteiger partial charge is 0.402 e. The highest BCUT2D eigenvalue weighted by molar-refractivity contribution is 5.73. The molecule has 0 aromatic carbocycles. The molecule has 0 aliphatic rings. The molecule has 0 rings (SSSR count). The summed E-state index contributed by atoms with van der Waals surface area (Å²) >= 11 is 0. The first kappa shape index (κ1) is 11.2. The van der Waals surface area contributed by atoms with Crippen LogP contribution in [0.15, 0.2) is 0 Å². The van der Waals surface area contributed by atoms with Gasteiger partial charge in [0.15, 0.2) is 5.92 Å². The lowest BCUT2D eigenvalue weighted by molar-refractivity contribution is -0.196. The zero-order valence-electron chi connectivity index (χ0n) is 6.52. The van der Waals surface area contributed by atoms with Gasteiger partial charge in [-0.15, -0.1) is 0 Å². The lowest BCUT2D eigenvalue weighted by atomic mass is 10.1. The number of carbonyl (C=O) groups excluding carboxylic acids is 1. The van der Waals surface area contributed by atoms with Gasteiger partial charge in [0.25, 0.3) is 0 Å². The molecule has 0 aromatic heterocycles. The van der Waals surface area contributed by atoms with Gasteiger partial charge in [-0.25, -0.2) is 0 Å². The minimum absolute atomic E-state index is 0.195. The predicted molar refractivity (Wildman–Crippen MR) is 35.2 cm³/mol. The molecule has 1 unspecified atom stereocenters. The van der Waals surface area contributed by atoms with Crippen molar-refractivity contribution in [2.75, 3.05) is 13.7 Å². The van der Waals surface area contributed by atoms with Gasteiger partial charge in [-0.1, -0.05) is 0 Å². The molecule has 0 bridgehead atoms. The Bertz CT molecular complexity index is 157. The minimum atomic E-state index is -4.56. The average molecular weight is 185 g/mol. The summed E-state index contributed by atoms with van der Waals surface area (Å²) in [4.78, 5) is 10.6. The second-order valence-corrected chi connectivity index (χ2v) is 2.19. The first-order valence-electron chi connectivity index (χ1n) is 3.28. The standard InChI is InChI=1S/C6H10F3NO2/c1-12-5(11)4(2-3-10)6(7,8)9/h4H,2-3,10H2,1H3. The highest BCUT2D eigenvalue weighted by Gasteiger charge is 2.44. The Hall–Kier alpha value is -0.780. The minimum Gasteiger partial charge on any atom is -0.469 e. The lowest BCUT2D eigenvalue weighted by Crippen LogP contribution is -2.33. The van der Waals surface area contributed by atoms with Gasteiger partial charge in [0.1, 0.15) is 0 Å². The van der Waals surface area contributed by atoms with Crippen LogP contribution in [0.2, 0.25) is 0 Å². The van der Waals surface area contributed by atoms with Crippen LogP contribution in [-0.2, 0) is 9.53 Å². The van der Waals surface area contributed by atoms with Crippen LogP contribution in [0.25, 0.3) is 0 Å². The van der Waals surface area contributed by atoms with Gasteiger partial charge in [-0.2, -0.15) is 13.2 Å². The number of carbonyl (C=O) groups is 1. The second-order valence-electron chi connectivity index (χ2n) is 2.19. The Morgan fingerprint density at radius 2 is 2.08 bits per heavy atom. The maximum atomic E-state index is 12.0. The monoisotopic (exact) mass is 185 g/mol. The molecule has 0 spiro atoms. The number of halogens is 3. The molecule has 2 N–H and O–H groups in total. The van der Waals surface area contributed by atoms with Crippen LogP contribution in [0.4, 0.5) is 13.2 Å². The third kappa shape index (κ3) is 3.08. The number of methoxy groups -OCH3 is 1. The summed E-state index contributed by atoms with van der Waals surface area (Å²) in [5.41, 5.74) is 4.91. The highest BCUT2D eigenvalue weighted by atomic mass is 19.4. The molecular weight excluding hydrogens is 175 g/mol. The van der Waals surface area contributed by atoms with Crippen molar-refractivity contribution in [3.8, 4) is 0 Å². The number of hydrogen-bond acceptors (Lipinski definition) is 3. The summed E-state index contributed by atoms with van der Waals surface area (Å²) in [6, 6.07) is 0. The van der Waals surface area contributed by atoms with Gasteiger partial charge < -0.3 is 10.5 Å². The van der Waals surface area contributed by atoms with Gasteiger partial charge in [-0.3, -0.25) is 4.79 Å². The molecule has 12 heavy (non-hydrogen) atoms. The molecule has 1 atom stereocenters. The summed E-state index contributed by atoms with van der Waals surface area (Å²) in [7, 11) is 0.914. The van der Waals surface area contributed by atoms with E-state index in [4.69, 9.17) is 5.73 Å². The van der Waals surface area contributed by atoms with Crippen LogP contribution in [0.3, 0.4) is 0 Å². The molecule has 0 fully saturated rings. The van der Waals surface area contributed by atoms with Crippen LogP contribution in [0.5, 0.6) is 0 Å². The molecule has 6 heteroatoms. The summed E-state index contributed by atoms with van der Waals surface area (Å²) in [6.45, 7) is -0.195. The van der Waals surface area contributed by atoms with Crippen molar-refractivity contribution in [1.29, 1.82) is 0 Å². The van der Waals surface area contributed by atoms with Gasteiger partial charge in [-0.05, 0) is 13.0 Å². The second kappa shape index (κ2) is 4.30. The van der Waals surface area contributed by atoms with E-state index in [2.05, 4.69) is 4.74 Å². The van der Waals surface area contributed by atoms with Crippen LogP contribution in [0, 0.1) is 5.92 Å². The quantitative estimate of drug-likeness (QED) is 0.658. The van der Waals surface area contributed by atoms with E-state index in [-0.39, 0.29) is 6.54 Å². The molecule has 0 saturated heterocycles. The first-order chi connectivity index (χ1) is 5.43. The molecule has 0 amide bonds. The molecule has 0 radical (unpaired) electrons. The fourth-order valence-corrected chi connectivity index (χ4v) is 0.724. The Morgan fingerprint density at radius 1 is 1.58 bits per heavy atom. The van der Waals surface area contributed by atoms with Gasteiger partial charge >= 0.3 is 12.1 Å². The van der Waals surface area contributed by atoms with Crippen LogP contribution in [-0.4, -0.2) is 25.8 Å². The SMILES string of the molecule is COC(=O)C(CCN)C(F)(F)F. The summed E-state index contributed by atoms with van der Waals surface area (Å²) < 4.78 is 39.9. The third-order valence-electron chi connectivity index (χ3n) is 1.34. The number of ether oxygens (including phenoxy) is 1. The van der Waals surface area contributed by atoms with Crippen LogP contribution >= 0.6 is 0 Å². The van der Waals surface area contributed by atoms with Gasteiger partial charge in [0.05, 0.1) is 7.11 Å². The van der Waals surface area contributed by atoms with Gasteiger partial charge in [0, 0.05) is 0 Å². The molecule has 0 aliphatic heterocycles. The largest absolute Gasteiger partial charge is 0.469 e. The molecule has 3 nitrogen and oxygen atoms in total. The summed E-state index contributed by atoms with van der Waals surface area (Å²) in [5, 5.41) is 0. The maximum Gasteiger partial charge on any atom is 0.402 e. The molecular formula is C6H10F3NO2. The summed E-state index contributed by atoms with van der Waals surface area (Å²) in [6.07, 6.45) is -5.00. The molecule has 0 aliphatic carbocycles. The third-order valence-corrected chi connectivity index (χ3v) is 1.34. The maximum absolute atomic E-state index is 12.0. The zero-order valence-corrected chi connectivity index (χ0v) is 6.52. The fourth-order valence-electron chi connectivity index (χ4n) is 0.724. The van der Waals surface area contributed by atoms with Crippen molar-refractivity contribution in [2.24, 2.45) is 11.7 Å². The number of rotatable bonds is 3. The molecule has 0 aromatic rings. The number of nitrogens with two attached hydrogens (primary N) is 1. The van der Waals surface area contributed by atoms with Crippen LogP contribution in [0.1, 0.15) is 6.42 Å². The first-order valence-corrected chi connectivity index (χ1v) is 3.28. The lowest BCUT2D eigenvalue weighted by Gasteiger charge is -2.16. The van der Waals surface area contributed by atoms with E-state index in [0.29, 0.717) is 0 Å². The predicted octanol–water partition coefficient (Wildman–Crippen LogP) is 0.687. The summed E-state index contributed by atoms with van der Waals surface area (Å²) in [5.74, 6) is -3.37. The number of hydrogen-bond donors (Lipinski definition) is 1. The van der Waals surface area contributed by atoms with Crippen molar-refractivity contribution in [3.63, 3.8) is 0 Å². The van der Waals surface area contributed by atoms with E-state index in [1.165, 1.54) is 0 Å². The van der Waals surface area contributed by atoms with Crippen molar-refractivity contribution in [3.05, 3.63) is 0 Å². The molecule has 0 heterocycles. The number of alkyl halides is 3. The topological polar surface area (TPSA) is 52.3 Å². The Kier molecular flexibility index (Phi) is 4.02. The normalized spacial score (nSPS) is 14.1. The zero-order chi connectivity index (χ0) is 9.78. The molecule has 72 valence electrons. The Labute approximate surface area is 67.7 Å². The van der Waals surface area contributed by atoms with E-state index in [0.717, 1.165) is 7.11 Å². The van der Waals surface area contributed by atoms with Crippen molar-refractivity contribution in [1.82, 2.24) is 0 Å². The number of esters is 1. The Balaban J connectivity index is 4.33.